The van der Waals surface area contributed by atoms with Crippen LogP contribution in [0.15, 0.2) is 48.5 Å². The molecule has 0 spiro atoms. The summed E-state index contributed by atoms with van der Waals surface area (Å²) in [6.07, 6.45) is 3.62. The topological polar surface area (TPSA) is 115 Å². The average molecular weight is 434 g/mol. The van der Waals surface area contributed by atoms with Gasteiger partial charge in [-0.25, -0.2) is 0 Å². The molecule has 4 aromatic rings. The van der Waals surface area contributed by atoms with Gasteiger partial charge in [0.2, 0.25) is 10.9 Å². The summed E-state index contributed by atoms with van der Waals surface area (Å²) >= 11 is 1.43. The number of non-ortho nitro benzene ring substituents is 1. The zero-order valence-corrected chi connectivity index (χ0v) is 17.6. The number of hydrogen-bond acceptors (Lipinski definition) is 7. The third-order valence-electron chi connectivity index (χ3n) is 4.62. The highest BCUT2D eigenvalue weighted by Gasteiger charge is 2.13. The van der Waals surface area contributed by atoms with Gasteiger partial charge in [-0.15, -0.1) is 10.2 Å². The largest absolute Gasteiger partial charge is 0.322 e. The number of carbonyl (C=O) groups excluding carboxylic acids is 1. The minimum atomic E-state index is -0.471. The van der Waals surface area contributed by atoms with Crippen LogP contribution in [0, 0.1) is 17.0 Å². The van der Waals surface area contributed by atoms with Gasteiger partial charge >= 0.3 is 0 Å². The number of carbonyl (C=O) groups is 1. The molecule has 0 atom stereocenters. The predicted octanol–water partition coefficient (Wildman–Crippen LogP) is 4.28. The molecular formula is C21H18N6O3S. The highest BCUT2D eigenvalue weighted by Crippen LogP contribution is 2.29. The zero-order valence-electron chi connectivity index (χ0n) is 16.8. The minimum Gasteiger partial charge on any atom is -0.322 e. The van der Waals surface area contributed by atoms with Gasteiger partial charge in [-0.3, -0.25) is 14.9 Å². The van der Waals surface area contributed by atoms with Crippen molar-refractivity contribution in [3.63, 3.8) is 0 Å². The Morgan fingerprint density at radius 3 is 2.87 bits per heavy atom. The van der Waals surface area contributed by atoms with Crippen LogP contribution >= 0.6 is 11.3 Å². The molecule has 0 saturated carbocycles. The second kappa shape index (κ2) is 8.44. The van der Waals surface area contributed by atoms with E-state index in [4.69, 9.17) is 0 Å². The Hall–Kier alpha value is -3.92. The summed E-state index contributed by atoms with van der Waals surface area (Å²) in [6.45, 7) is 3.90. The summed E-state index contributed by atoms with van der Waals surface area (Å²) in [5.41, 5.74) is 2.97. The molecule has 0 saturated heterocycles. The van der Waals surface area contributed by atoms with Crippen molar-refractivity contribution in [1.29, 1.82) is 0 Å². The van der Waals surface area contributed by atoms with Gasteiger partial charge in [-0.05, 0) is 30.2 Å². The highest BCUT2D eigenvalue weighted by atomic mass is 32.1. The molecule has 0 aliphatic heterocycles. The number of aryl methyl sites for hydroxylation is 2. The molecule has 10 heteroatoms. The molecule has 0 radical (unpaired) electrons. The van der Waals surface area contributed by atoms with Crippen molar-refractivity contribution in [3.05, 3.63) is 75.6 Å². The average Bonchev–Trinajstić information content (AvgIpc) is 3.35. The number of nitro benzene ring substituents is 1. The summed E-state index contributed by atoms with van der Waals surface area (Å²) < 4.78 is 1.74. The lowest BCUT2D eigenvalue weighted by molar-refractivity contribution is -0.384. The van der Waals surface area contributed by atoms with E-state index in [2.05, 4.69) is 20.6 Å². The van der Waals surface area contributed by atoms with Gasteiger partial charge in [0.1, 0.15) is 5.01 Å². The van der Waals surface area contributed by atoms with E-state index < -0.39 is 4.92 Å². The van der Waals surface area contributed by atoms with Crippen LogP contribution in [0.5, 0.6) is 0 Å². The molecule has 4 rings (SSSR count). The van der Waals surface area contributed by atoms with Gasteiger partial charge in [0.25, 0.3) is 5.69 Å². The van der Waals surface area contributed by atoms with E-state index in [0.29, 0.717) is 11.3 Å². The van der Waals surface area contributed by atoms with Crippen LogP contribution < -0.4 is 5.32 Å². The fourth-order valence-electron chi connectivity index (χ4n) is 2.97. The Morgan fingerprint density at radius 2 is 2.10 bits per heavy atom. The van der Waals surface area contributed by atoms with Crippen molar-refractivity contribution in [2.75, 3.05) is 5.32 Å². The Labute approximate surface area is 181 Å². The van der Waals surface area contributed by atoms with Crippen molar-refractivity contribution in [2.45, 2.75) is 20.3 Å². The molecule has 1 N–H and O–H groups in total. The molecule has 0 bridgehead atoms. The number of fused-ring (bicyclic) bond motifs is 1. The number of nitro groups is 1. The summed E-state index contributed by atoms with van der Waals surface area (Å²) in [5.74, 6) is 0.461. The number of benzene rings is 2. The molecule has 2 aromatic carbocycles. The van der Waals surface area contributed by atoms with Gasteiger partial charge in [0.15, 0.2) is 5.82 Å². The van der Waals surface area contributed by atoms with Gasteiger partial charge < -0.3 is 5.32 Å². The molecule has 0 aliphatic rings. The van der Waals surface area contributed by atoms with Gasteiger partial charge in [0, 0.05) is 35.9 Å². The molecule has 0 fully saturated rings. The molecular weight excluding hydrogens is 416 g/mol. The maximum absolute atomic E-state index is 12.4. The standard InChI is InChI=1S/C21H18N6O3S/c1-3-18-23-24-21-26(18)25-20(31-21)15-9-7-13(2)17(12-15)22-19(28)10-8-14-5-4-6-16(11-14)27(29)30/h4-12H,3H2,1-2H3,(H,22,28)/b10-8+. The second-order valence-corrected chi connectivity index (χ2v) is 7.73. The summed E-state index contributed by atoms with van der Waals surface area (Å²) in [7, 11) is 0. The monoisotopic (exact) mass is 434 g/mol. The first kappa shape index (κ1) is 20.4. The third-order valence-corrected chi connectivity index (χ3v) is 5.57. The van der Waals surface area contributed by atoms with E-state index in [9.17, 15) is 14.9 Å². The maximum Gasteiger partial charge on any atom is 0.270 e. The number of anilines is 1. The molecule has 1 amide bonds. The lowest BCUT2D eigenvalue weighted by atomic mass is 10.1. The Kier molecular flexibility index (Phi) is 5.54. The molecule has 2 aromatic heterocycles. The van der Waals surface area contributed by atoms with Gasteiger partial charge in [-0.2, -0.15) is 9.61 Å². The van der Waals surface area contributed by atoms with E-state index in [1.165, 1.54) is 35.6 Å². The van der Waals surface area contributed by atoms with Crippen molar-refractivity contribution >= 4 is 39.7 Å². The first-order chi connectivity index (χ1) is 14.9. The number of nitrogens with zero attached hydrogens (tertiary/aromatic N) is 5. The smallest absolute Gasteiger partial charge is 0.270 e. The molecule has 0 aliphatic carbocycles. The van der Waals surface area contributed by atoms with Crippen molar-refractivity contribution in [1.82, 2.24) is 19.8 Å². The number of rotatable bonds is 6. The van der Waals surface area contributed by atoms with E-state index in [1.807, 2.05) is 32.0 Å². The number of nitrogens with one attached hydrogen (secondary N) is 1. The highest BCUT2D eigenvalue weighted by molar-refractivity contribution is 7.19. The molecule has 156 valence electrons. The first-order valence-electron chi connectivity index (χ1n) is 9.50. The Bertz CT molecular complexity index is 1320. The third kappa shape index (κ3) is 4.33. The SMILES string of the molecule is CCc1nnc2sc(-c3ccc(C)c(NC(=O)/C=C/c4cccc([N+](=O)[O-])c4)c3)nn12. The summed E-state index contributed by atoms with van der Waals surface area (Å²) in [4.78, 5) is 23.6. The van der Waals surface area contributed by atoms with Gasteiger partial charge in [0.05, 0.1) is 4.92 Å². The maximum atomic E-state index is 12.4. The summed E-state index contributed by atoms with van der Waals surface area (Å²) in [6, 6.07) is 11.8. The first-order valence-corrected chi connectivity index (χ1v) is 10.3. The van der Waals surface area contributed by atoms with Crippen LogP contribution in [0.25, 0.3) is 21.6 Å². The quantitative estimate of drug-likeness (QED) is 0.275. The molecule has 31 heavy (non-hydrogen) atoms. The fraction of sp³-hybridized carbons (Fsp3) is 0.143. The second-order valence-electron chi connectivity index (χ2n) is 6.78. The Morgan fingerprint density at radius 1 is 1.26 bits per heavy atom. The number of amides is 1. The lowest BCUT2D eigenvalue weighted by Gasteiger charge is -2.08. The van der Waals surface area contributed by atoms with Crippen LogP contribution in [0.4, 0.5) is 11.4 Å². The molecule has 0 unspecified atom stereocenters. The van der Waals surface area contributed by atoms with Crippen LogP contribution in [0.1, 0.15) is 23.9 Å². The van der Waals surface area contributed by atoms with Crippen molar-refractivity contribution < 1.29 is 9.72 Å². The summed E-state index contributed by atoms with van der Waals surface area (Å²) in [5, 5.41) is 27.4. The van der Waals surface area contributed by atoms with E-state index >= 15 is 0 Å². The van der Waals surface area contributed by atoms with Crippen LogP contribution in [-0.2, 0) is 11.2 Å². The normalized spacial score (nSPS) is 11.3. The van der Waals surface area contributed by atoms with Crippen LogP contribution in [0.2, 0.25) is 0 Å². The Balaban J connectivity index is 1.54. The van der Waals surface area contributed by atoms with E-state index in [-0.39, 0.29) is 11.6 Å². The minimum absolute atomic E-state index is 0.0256. The number of hydrogen-bond donors (Lipinski definition) is 1. The molecule has 9 nitrogen and oxygen atoms in total. The lowest BCUT2D eigenvalue weighted by Crippen LogP contribution is -2.09. The zero-order chi connectivity index (χ0) is 22.0. The van der Waals surface area contributed by atoms with Crippen LogP contribution in [-0.4, -0.2) is 30.6 Å². The fourth-order valence-corrected chi connectivity index (χ4v) is 3.83. The number of aromatic nitrogens is 4. The van der Waals surface area contributed by atoms with Crippen LogP contribution in [0.3, 0.4) is 0 Å². The van der Waals surface area contributed by atoms with Crippen molar-refractivity contribution in [2.24, 2.45) is 0 Å². The van der Waals surface area contributed by atoms with E-state index in [1.54, 1.807) is 16.6 Å². The van der Waals surface area contributed by atoms with E-state index in [0.717, 1.165) is 33.3 Å². The van der Waals surface area contributed by atoms with Gasteiger partial charge in [-0.1, -0.05) is 42.5 Å². The van der Waals surface area contributed by atoms with Crippen molar-refractivity contribution in [3.8, 4) is 10.6 Å². The molecule has 2 heterocycles. The predicted molar refractivity (Wildman–Crippen MR) is 119 cm³/mol.